The number of carbonyl (C=O) groups excluding carboxylic acids is 2. The van der Waals surface area contributed by atoms with Crippen LogP contribution in [0.25, 0.3) is 0 Å². The summed E-state index contributed by atoms with van der Waals surface area (Å²) < 4.78 is 0. The molecule has 0 saturated heterocycles. The number of nitrogens with one attached hydrogen (secondary N) is 1. The number of nitrogens with zero attached hydrogens (tertiary/aromatic N) is 1. The Hall–Kier alpha value is -1.88. The molecule has 122 valence electrons. The molecular formula is C17H26N2O3. The molecule has 0 spiro atoms. The molecule has 0 bridgehead atoms. The van der Waals surface area contributed by atoms with Crippen molar-refractivity contribution in [1.29, 1.82) is 0 Å². The van der Waals surface area contributed by atoms with Crippen LogP contribution in [0.4, 0.5) is 10.5 Å². The van der Waals surface area contributed by atoms with E-state index in [0.29, 0.717) is 11.3 Å². The molecule has 0 aliphatic rings. The highest BCUT2D eigenvalue weighted by molar-refractivity contribution is 5.96. The van der Waals surface area contributed by atoms with E-state index in [0.717, 1.165) is 5.56 Å². The van der Waals surface area contributed by atoms with E-state index in [1.807, 2.05) is 27.7 Å². The van der Waals surface area contributed by atoms with Gasteiger partial charge in [0.15, 0.2) is 5.78 Å². The molecule has 1 rings (SSSR count). The van der Waals surface area contributed by atoms with Crippen molar-refractivity contribution in [2.45, 2.75) is 40.7 Å². The molecule has 2 N–H and O–H groups in total. The number of likely N-dealkylation sites (N-methyl/N-ethyl adjacent to an activating group) is 1. The van der Waals surface area contributed by atoms with Crippen molar-refractivity contribution < 1.29 is 14.7 Å². The number of urea groups is 1. The Morgan fingerprint density at radius 3 is 2.32 bits per heavy atom. The Bertz CT molecular complexity index is 562. The minimum atomic E-state index is -0.288. The van der Waals surface area contributed by atoms with E-state index < -0.39 is 0 Å². The number of hydrogen-bond donors (Lipinski definition) is 2. The first-order valence-electron chi connectivity index (χ1n) is 7.34. The number of ketones is 1. The van der Waals surface area contributed by atoms with Gasteiger partial charge in [-0.25, -0.2) is 4.79 Å². The molecule has 22 heavy (non-hydrogen) atoms. The average Bonchev–Trinajstić information content (AvgIpc) is 2.37. The van der Waals surface area contributed by atoms with E-state index in [4.69, 9.17) is 0 Å². The molecule has 1 aromatic carbocycles. The molecule has 2 amide bonds. The molecular weight excluding hydrogens is 280 g/mol. The molecule has 0 aromatic heterocycles. The van der Waals surface area contributed by atoms with Gasteiger partial charge in [0.1, 0.15) is 0 Å². The summed E-state index contributed by atoms with van der Waals surface area (Å²) in [6.45, 7) is 9.18. The first kappa shape index (κ1) is 18.2. The molecule has 0 radical (unpaired) electrons. The second-order valence-electron chi connectivity index (χ2n) is 6.69. The van der Waals surface area contributed by atoms with Crippen LogP contribution in [0.15, 0.2) is 18.2 Å². The smallest absolute Gasteiger partial charge is 0.321 e. The maximum Gasteiger partial charge on any atom is 0.321 e. The average molecular weight is 306 g/mol. The Morgan fingerprint density at radius 1 is 1.32 bits per heavy atom. The van der Waals surface area contributed by atoms with E-state index in [9.17, 15) is 14.7 Å². The van der Waals surface area contributed by atoms with Gasteiger partial charge < -0.3 is 15.3 Å². The van der Waals surface area contributed by atoms with Crippen molar-refractivity contribution in [2.75, 3.05) is 19.0 Å². The molecule has 1 atom stereocenters. The Labute approximate surface area is 132 Å². The van der Waals surface area contributed by atoms with Gasteiger partial charge in [-0.2, -0.15) is 0 Å². The van der Waals surface area contributed by atoms with Crippen LogP contribution in [-0.2, 0) is 0 Å². The van der Waals surface area contributed by atoms with Crippen molar-refractivity contribution in [1.82, 2.24) is 4.90 Å². The fourth-order valence-electron chi connectivity index (χ4n) is 2.47. The third-order valence-electron chi connectivity index (χ3n) is 3.82. The highest BCUT2D eigenvalue weighted by Crippen LogP contribution is 2.24. The van der Waals surface area contributed by atoms with Crippen molar-refractivity contribution >= 4 is 17.5 Å². The lowest BCUT2D eigenvalue weighted by atomic mass is 9.86. The molecule has 1 aromatic rings. The molecule has 0 heterocycles. The third-order valence-corrected chi connectivity index (χ3v) is 3.82. The fraction of sp³-hybridized carbons (Fsp3) is 0.529. The summed E-state index contributed by atoms with van der Waals surface area (Å²) >= 11 is 0. The van der Waals surface area contributed by atoms with Crippen LogP contribution >= 0.6 is 0 Å². The number of aryl methyl sites for hydroxylation is 1. The van der Waals surface area contributed by atoms with Crippen LogP contribution in [0.2, 0.25) is 0 Å². The first-order valence-corrected chi connectivity index (χ1v) is 7.34. The zero-order valence-corrected chi connectivity index (χ0v) is 14.2. The number of aliphatic hydroxyl groups is 1. The van der Waals surface area contributed by atoms with Crippen LogP contribution in [0.1, 0.15) is 43.6 Å². The summed E-state index contributed by atoms with van der Waals surface area (Å²) in [6.07, 6.45) is 0. The lowest BCUT2D eigenvalue weighted by molar-refractivity contribution is 0.0886. The monoisotopic (exact) mass is 306 g/mol. The van der Waals surface area contributed by atoms with Gasteiger partial charge in [-0.3, -0.25) is 4.79 Å². The molecule has 1 unspecified atom stereocenters. The standard InChI is InChI=1S/C17H26N2O3/c1-11-9-13(7-8-14(11)12(2)21)18-16(22)19(6)15(10-20)17(3,4)5/h7-9,15,20H,10H2,1-6H3,(H,18,22). The van der Waals surface area contributed by atoms with Gasteiger partial charge >= 0.3 is 6.03 Å². The largest absolute Gasteiger partial charge is 0.394 e. The second kappa shape index (κ2) is 6.92. The zero-order chi connectivity index (χ0) is 17.1. The number of amides is 2. The number of aliphatic hydroxyl groups excluding tert-OH is 1. The second-order valence-corrected chi connectivity index (χ2v) is 6.69. The number of Topliss-reactive ketones (excluding diaryl/α,β-unsaturated/α-hetero) is 1. The van der Waals surface area contributed by atoms with Gasteiger partial charge in [-0.15, -0.1) is 0 Å². The lowest BCUT2D eigenvalue weighted by Gasteiger charge is -2.36. The quantitative estimate of drug-likeness (QED) is 0.840. The zero-order valence-electron chi connectivity index (χ0n) is 14.2. The van der Waals surface area contributed by atoms with Crippen LogP contribution in [0.3, 0.4) is 0 Å². The van der Waals surface area contributed by atoms with Crippen molar-refractivity contribution in [2.24, 2.45) is 5.41 Å². The Kier molecular flexibility index (Phi) is 5.72. The minimum Gasteiger partial charge on any atom is -0.394 e. The Morgan fingerprint density at radius 2 is 1.91 bits per heavy atom. The maximum atomic E-state index is 12.3. The number of carbonyl (C=O) groups is 2. The van der Waals surface area contributed by atoms with Gasteiger partial charge in [0.25, 0.3) is 0 Å². The normalized spacial score (nSPS) is 12.7. The fourth-order valence-corrected chi connectivity index (χ4v) is 2.47. The van der Waals surface area contributed by atoms with E-state index in [1.54, 1.807) is 25.2 Å². The molecule has 0 fully saturated rings. The van der Waals surface area contributed by atoms with E-state index >= 15 is 0 Å². The highest BCUT2D eigenvalue weighted by Gasteiger charge is 2.30. The SMILES string of the molecule is CC(=O)c1ccc(NC(=O)N(C)C(CO)C(C)(C)C)cc1C. The predicted octanol–water partition coefficient (Wildman–Crippen LogP) is 3.07. The summed E-state index contributed by atoms with van der Waals surface area (Å²) in [5, 5.41) is 12.3. The van der Waals surface area contributed by atoms with Gasteiger partial charge in [-0.1, -0.05) is 20.8 Å². The molecule has 0 aliphatic carbocycles. The topological polar surface area (TPSA) is 69.6 Å². The van der Waals surface area contributed by atoms with E-state index in [1.165, 1.54) is 11.8 Å². The minimum absolute atomic E-state index is 0.000529. The number of benzene rings is 1. The summed E-state index contributed by atoms with van der Waals surface area (Å²) in [7, 11) is 1.66. The summed E-state index contributed by atoms with van der Waals surface area (Å²) in [4.78, 5) is 25.3. The summed E-state index contributed by atoms with van der Waals surface area (Å²) in [5.41, 5.74) is 1.87. The Balaban J connectivity index is 2.88. The van der Waals surface area contributed by atoms with Crippen molar-refractivity contribution in [3.05, 3.63) is 29.3 Å². The summed E-state index contributed by atoms with van der Waals surface area (Å²) in [6, 6.07) is 4.61. The number of rotatable bonds is 4. The molecule has 5 heteroatoms. The highest BCUT2D eigenvalue weighted by atomic mass is 16.3. The van der Waals surface area contributed by atoms with Crippen LogP contribution in [-0.4, -0.2) is 41.5 Å². The van der Waals surface area contributed by atoms with E-state index in [2.05, 4.69) is 5.32 Å². The number of hydrogen-bond acceptors (Lipinski definition) is 3. The van der Waals surface area contributed by atoms with Crippen LogP contribution < -0.4 is 5.32 Å². The lowest BCUT2D eigenvalue weighted by Crippen LogP contribution is -2.48. The van der Waals surface area contributed by atoms with Crippen molar-refractivity contribution in [3.63, 3.8) is 0 Å². The first-order chi connectivity index (χ1) is 10.1. The van der Waals surface area contributed by atoms with Crippen LogP contribution in [0.5, 0.6) is 0 Å². The molecule has 0 aliphatic heterocycles. The van der Waals surface area contributed by atoms with Crippen LogP contribution in [0, 0.1) is 12.3 Å². The third kappa shape index (κ3) is 4.31. The van der Waals surface area contributed by atoms with Crippen molar-refractivity contribution in [3.8, 4) is 0 Å². The summed E-state index contributed by atoms with van der Waals surface area (Å²) in [5.74, 6) is 0.000529. The van der Waals surface area contributed by atoms with E-state index in [-0.39, 0.29) is 29.9 Å². The predicted molar refractivity (Wildman–Crippen MR) is 88.3 cm³/mol. The number of anilines is 1. The van der Waals surface area contributed by atoms with Gasteiger partial charge in [0, 0.05) is 18.3 Å². The van der Waals surface area contributed by atoms with Gasteiger partial charge in [-0.05, 0) is 43.0 Å². The molecule has 0 saturated carbocycles. The van der Waals surface area contributed by atoms with Gasteiger partial charge in [0.2, 0.25) is 0 Å². The maximum absolute atomic E-state index is 12.3. The molecule has 5 nitrogen and oxygen atoms in total. The van der Waals surface area contributed by atoms with Gasteiger partial charge in [0.05, 0.1) is 12.6 Å².